The average Bonchev–Trinajstić information content (AvgIpc) is 3.42. The number of anilines is 1. The molecule has 182 valence electrons. The zero-order valence-electron chi connectivity index (χ0n) is 19.4. The van der Waals surface area contributed by atoms with Crippen LogP contribution >= 0.6 is 0 Å². The van der Waals surface area contributed by atoms with Gasteiger partial charge in [0.2, 0.25) is 11.5 Å². The zero-order chi connectivity index (χ0) is 24.9. The molecule has 35 heavy (non-hydrogen) atoms. The fourth-order valence-corrected chi connectivity index (χ4v) is 4.27. The number of aliphatic carboxylic acids is 1. The maximum atomic E-state index is 13.0. The molecule has 2 amide bonds. The number of aromatic nitrogens is 2. The molecule has 2 N–H and O–H groups in total. The lowest BCUT2D eigenvalue weighted by Gasteiger charge is -2.25. The van der Waals surface area contributed by atoms with Crippen LogP contribution in [0.2, 0.25) is 0 Å². The van der Waals surface area contributed by atoms with Crippen LogP contribution in [0.15, 0.2) is 53.2 Å². The molecule has 10 nitrogen and oxygen atoms in total. The van der Waals surface area contributed by atoms with Gasteiger partial charge in [0.25, 0.3) is 5.91 Å². The van der Waals surface area contributed by atoms with Crippen molar-refractivity contribution in [2.24, 2.45) is 0 Å². The number of hydrogen-bond acceptors (Lipinski definition) is 7. The van der Waals surface area contributed by atoms with Gasteiger partial charge in [0.15, 0.2) is 0 Å². The summed E-state index contributed by atoms with van der Waals surface area (Å²) in [6, 6.07) is 15.8. The Kier molecular flexibility index (Phi) is 7.09. The quantitative estimate of drug-likeness (QED) is 0.468. The molecule has 0 bridgehead atoms. The second-order valence-electron chi connectivity index (χ2n) is 8.50. The van der Waals surface area contributed by atoms with E-state index >= 15 is 0 Å². The molecule has 10 heteroatoms. The summed E-state index contributed by atoms with van der Waals surface area (Å²) in [7, 11) is 0. The van der Waals surface area contributed by atoms with Gasteiger partial charge in [-0.25, -0.2) is 9.42 Å². The van der Waals surface area contributed by atoms with Crippen molar-refractivity contribution in [1.82, 2.24) is 15.2 Å². The van der Waals surface area contributed by atoms with Crippen LogP contribution in [0.5, 0.6) is 0 Å². The number of carbonyl (C=O) groups excluding carboxylic acids is 2. The standard InChI is InChI=1S/C25H26N4O6/c1-15(2)29(13-7-12-21(30)31)24(32)22-23(28-35-27-22)26-25(33)34-14-20-18-10-5-3-8-16(18)17-9-4-6-11-19(17)20/h3-6,8-11,15,20H,7,12-14H2,1-2H3,(H,30,31)(H,26,28,33). The summed E-state index contributed by atoms with van der Waals surface area (Å²) in [5.41, 5.74) is 4.20. The van der Waals surface area contributed by atoms with E-state index < -0.39 is 18.0 Å². The molecular formula is C25H26N4O6. The molecule has 0 unspecified atom stereocenters. The first-order valence-electron chi connectivity index (χ1n) is 11.3. The molecule has 4 rings (SSSR count). The van der Waals surface area contributed by atoms with Crippen molar-refractivity contribution in [1.29, 1.82) is 0 Å². The normalized spacial score (nSPS) is 12.2. The Morgan fingerprint density at radius 3 is 2.29 bits per heavy atom. The molecule has 1 aromatic heterocycles. The molecule has 0 radical (unpaired) electrons. The number of carboxylic acid groups (broad SMARTS) is 1. The number of ether oxygens (including phenoxy) is 1. The largest absolute Gasteiger partial charge is 0.481 e. The number of amides is 2. The summed E-state index contributed by atoms with van der Waals surface area (Å²) in [6.07, 6.45) is -0.587. The molecule has 0 spiro atoms. The number of benzene rings is 2. The van der Waals surface area contributed by atoms with E-state index in [2.05, 4.69) is 15.6 Å². The monoisotopic (exact) mass is 478 g/mol. The highest BCUT2D eigenvalue weighted by atomic mass is 16.6. The molecule has 0 fully saturated rings. The zero-order valence-corrected chi connectivity index (χ0v) is 19.4. The second kappa shape index (κ2) is 10.4. The van der Waals surface area contributed by atoms with Crippen LogP contribution in [0.4, 0.5) is 10.6 Å². The summed E-state index contributed by atoms with van der Waals surface area (Å²) < 4.78 is 10.2. The van der Waals surface area contributed by atoms with Gasteiger partial charge in [0.05, 0.1) is 0 Å². The SMILES string of the molecule is CC(C)N(CCCC(=O)O)C(=O)c1nonc1NC(=O)OCC1c2ccccc2-c2ccccc21. The van der Waals surface area contributed by atoms with E-state index in [1.807, 2.05) is 48.5 Å². The molecule has 1 aliphatic carbocycles. The van der Waals surface area contributed by atoms with Crippen molar-refractivity contribution in [2.45, 2.75) is 38.6 Å². The summed E-state index contributed by atoms with van der Waals surface area (Å²) in [6.45, 7) is 3.90. The van der Waals surface area contributed by atoms with Crippen LogP contribution in [0.3, 0.4) is 0 Å². The Bertz CT molecular complexity index is 1190. The maximum absolute atomic E-state index is 13.0. The van der Waals surface area contributed by atoms with Gasteiger partial charge in [-0.2, -0.15) is 0 Å². The molecule has 2 aromatic carbocycles. The third kappa shape index (κ3) is 5.16. The third-order valence-corrected chi connectivity index (χ3v) is 5.93. The summed E-state index contributed by atoms with van der Waals surface area (Å²) in [5, 5.41) is 18.6. The highest BCUT2D eigenvalue weighted by Gasteiger charge is 2.30. The Hall–Kier alpha value is -4.21. The van der Waals surface area contributed by atoms with E-state index in [0.29, 0.717) is 0 Å². The molecular weight excluding hydrogens is 452 g/mol. The smallest absolute Gasteiger partial charge is 0.412 e. The highest BCUT2D eigenvalue weighted by Crippen LogP contribution is 2.44. The topological polar surface area (TPSA) is 135 Å². The maximum Gasteiger partial charge on any atom is 0.412 e. The molecule has 3 aromatic rings. The van der Waals surface area contributed by atoms with Gasteiger partial charge in [-0.3, -0.25) is 14.9 Å². The Morgan fingerprint density at radius 1 is 1.06 bits per heavy atom. The Morgan fingerprint density at radius 2 is 1.69 bits per heavy atom. The van der Waals surface area contributed by atoms with E-state index in [9.17, 15) is 14.4 Å². The van der Waals surface area contributed by atoms with Crippen molar-refractivity contribution in [3.05, 3.63) is 65.4 Å². The highest BCUT2D eigenvalue weighted by molar-refractivity contribution is 5.99. The first-order valence-corrected chi connectivity index (χ1v) is 11.3. The van der Waals surface area contributed by atoms with Crippen LogP contribution in [-0.2, 0) is 9.53 Å². The molecule has 0 aliphatic heterocycles. The van der Waals surface area contributed by atoms with Crippen LogP contribution in [0, 0.1) is 0 Å². The van der Waals surface area contributed by atoms with Gasteiger partial charge >= 0.3 is 12.1 Å². The van der Waals surface area contributed by atoms with Crippen LogP contribution in [-0.4, -0.2) is 57.5 Å². The molecule has 1 aliphatic rings. The summed E-state index contributed by atoms with van der Waals surface area (Å²) in [4.78, 5) is 37.8. The van der Waals surface area contributed by atoms with Crippen molar-refractivity contribution < 1.29 is 28.9 Å². The minimum atomic E-state index is -0.943. The van der Waals surface area contributed by atoms with Crippen LogP contribution < -0.4 is 5.32 Å². The van der Waals surface area contributed by atoms with Crippen molar-refractivity contribution in [3.8, 4) is 11.1 Å². The van der Waals surface area contributed by atoms with E-state index in [-0.39, 0.29) is 49.5 Å². The molecule has 0 atom stereocenters. The Labute approximate surface area is 201 Å². The van der Waals surface area contributed by atoms with Crippen LogP contribution in [0.1, 0.15) is 54.2 Å². The fraction of sp³-hybridized carbons (Fsp3) is 0.320. The lowest BCUT2D eigenvalue weighted by Crippen LogP contribution is -2.38. The molecule has 1 heterocycles. The minimum absolute atomic E-state index is 0.0710. The number of carbonyl (C=O) groups is 3. The average molecular weight is 479 g/mol. The lowest BCUT2D eigenvalue weighted by molar-refractivity contribution is -0.137. The van der Waals surface area contributed by atoms with Crippen molar-refractivity contribution >= 4 is 23.8 Å². The van der Waals surface area contributed by atoms with Crippen molar-refractivity contribution in [2.75, 3.05) is 18.5 Å². The van der Waals surface area contributed by atoms with Gasteiger partial charge in [0, 0.05) is 24.9 Å². The lowest BCUT2D eigenvalue weighted by atomic mass is 9.98. The first-order chi connectivity index (χ1) is 16.9. The molecule has 0 saturated heterocycles. The van der Waals surface area contributed by atoms with Crippen molar-refractivity contribution in [3.63, 3.8) is 0 Å². The number of carboxylic acids is 1. The van der Waals surface area contributed by atoms with E-state index in [1.165, 1.54) is 4.90 Å². The summed E-state index contributed by atoms with van der Waals surface area (Å²) in [5.74, 6) is -1.74. The van der Waals surface area contributed by atoms with Crippen LogP contribution in [0.25, 0.3) is 11.1 Å². The summed E-state index contributed by atoms with van der Waals surface area (Å²) >= 11 is 0. The predicted octanol–water partition coefficient (Wildman–Crippen LogP) is 4.15. The second-order valence-corrected chi connectivity index (χ2v) is 8.50. The first kappa shape index (κ1) is 23.9. The van der Waals surface area contributed by atoms with E-state index in [1.54, 1.807) is 13.8 Å². The number of hydrogen-bond donors (Lipinski definition) is 2. The van der Waals surface area contributed by atoms with Gasteiger partial charge in [0.1, 0.15) is 6.61 Å². The van der Waals surface area contributed by atoms with E-state index in [4.69, 9.17) is 14.5 Å². The van der Waals surface area contributed by atoms with Gasteiger partial charge < -0.3 is 14.7 Å². The van der Waals surface area contributed by atoms with Gasteiger partial charge in [-0.05, 0) is 52.8 Å². The van der Waals surface area contributed by atoms with Gasteiger partial charge in [-0.1, -0.05) is 48.5 Å². The minimum Gasteiger partial charge on any atom is -0.481 e. The van der Waals surface area contributed by atoms with Gasteiger partial charge in [-0.15, -0.1) is 0 Å². The number of nitrogens with zero attached hydrogens (tertiary/aromatic N) is 3. The number of nitrogens with one attached hydrogen (secondary N) is 1. The van der Waals surface area contributed by atoms with E-state index in [0.717, 1.165) is 22.3 Å². The number of rotatable bonds is 9. The number of fused-ring (bicyclic) bond motifs is 3. The fourth-order valence-electron chi connectivity index (χ4n) is 4.27. The molecule has 0 saturated carbocycles. The third-order valence-electron chi connectivity index (χ3n) is 5.93. The Balaban J connectivity index is 1.42. The predicted molar refractivity (Wildman–Crippen MR) is 126 cm³/mol.